The first-order chi connectivity index (χ1) is 16.4. The highest BCUT2D eigenvalue weighted by molar-refractivity contribution is 7.10. The van der Waals surface area contributed by atoms with Crippen LogP contribution in [0.5, 0.6) is 11.5 Å². The van der Waals surface area contributed by atoms with Crippen molar-refractivity contribution in [1.29, 1.82) is 0 Å². The predicted octanol–water partition coefficient (Wildman–Crippen LogP) is 2.50. The van der Waals surface area contributed by atoms with E-state index >= 15 is 0 Å². The van der Waals surface area contributed by atoms with Gasteiger partial charge < -0.3 is 14.2 Å². The Kier molecular flexibility index (Phi) is 5.54. The lowest BCUT2D eigenvalue weighted by molar-refractivity contribution is -0.385. The SMILES string of the molecule is CCOC(=O)C1=C(C)N=c2s/c(=C\c3cc4c(cc3[N+](=O)[O-])OCO4)c(=O)n2[C@@H]1c1cccs1. The first kappa shape index (κ1) is 22.0. The van der Waals surface area contributed by atoms with Gasteiger partial charge in [0.05, 0.1) is 39.0 Å². The number of fused-ring (bicyclic) bond motifs is 2. The van der Waals surface area contributed by atoms with Crippen LogP contribution in [0.3, 0.4) is 0 Å². The molecule has 0 aliphatic carbocycles. The molecule has 5 rings (SSSR count). The number of rotatable bonds is 5. The van der Waals surface area contributed by atoms with Crippen molar-refractivity contribution in [3.05, 3.63) is 81.2 Å². The van der Waals surface area contributed by atoms with E-state index in [-0.39, 0.29) is 40.5 Å². The molecule has 0 bridgehead atoms. The maximum absolute atomic E-state index is 13.6. The van der Waals surface area contributed by atoms with Crippen LogP contribution in [0.4, 0.5) is 5.69 Å². The van der Waals surface area contributed by atoms with Crippen LogP contribution in [-0.4, -0.2) is 28.9 Å². The van der Waals surface area contributed by atoms with E-state index in [0.717, 1.165) is 16.2 Å². The second kappa shape index (κ2) is 8.54. The maximum atomic E-state index is 13.6. The number of hydrogen-bond acceptors (Lipinski definition) is 10. The number of carbonyl (C=O) groups is 1. The average molecular weight is 500 g/mol. The van der Waals surface area contributed by atoms with Crippen molar-refractivity contribution >= 4 is 40.4 Å². The first-order valence-electron chi connectivity index (χ1n) is 10.2. The minimum absolute atomic E-state index is 0.0329. The largest absolute Gasteiger partial charge is 0.463 e. The summed E-state index contributed by atoms with van der Waals surface area (Å²) in [6.07, 6.45) is 1.44. The van der Waals surface area contributed by atoms with Crippen LogP contribution in [-0.2, 0) is 9.53 Å². The summed E-state index contributed by atoms with van der Waals surface area (Å²) in [7, 11) is 0. The van der Waals surface area contributed by atoms with E-state index < -0.39 is 22.5 Å². The van der Waals surface area contributed by atoms with Crippen LogP contribution >= 0.6 is 22.7 Å². The van der Waals surface area contributed by atoms with Gasteiger partial charge in [-0.1, -0.05) is 17.4 Å². The van der Waals surface area contributed by atoms with Crippen LogP contribution in [0.2, 0.25) is 0 Å². The molecule has 2 aromatic heterocycles. The number of benzene rings is 1. The van der Waals surface area contributed by atoms with Gasteiger partial charge in [0.1, 0.15) is 6.04 Å². The Labute approximate surface area is 199 Å². The highest BCUT2D eigenvalue weighted by Gasteiger charge is 2.34. The van der Waals surface area contributed by atoms with Crippen LogP contribution < -0.4 is 24.4 Å². The number of esters is 1. The molecule has 0 amide bonds. The van der Waals surface area contributed by atoms with Crippen LogP contribution in [0.1, 0.15) is 30.3 Å². The molecule has 2 aliphatic rings. The second-order valence-corrected chi connectivity index (χ2v) is 9.33. The maximum Gasteiger partial charge on any atom is 0.338 e. The van der Waals surface area contributed by atoms with E-state index in [2.05, 4.69) is 4.99 Å². The number of nitro benzene ring substituents is 1. The van der Waals surface area contributed by atoms with Gasteiger partial charge in [-0.3, -0.25) is 19.5 Å². The summed E-state index contributed by atoms with van der Waals surface area (Å²) < 4.78 is 17.5. The van der Waals surface area contributed by atoms with Crippen molar-refractivity contribution < 1.29 is 23.9 Å². The third-order valence-corrected chi connectivity index (χ3v) is 7.24. The minimum atomic E-state index is -0.704. The van der Waals surface area contributed by atoms with E-state index in [1.165, 1.54) is 34.1 Å². The molecule has 1 atom stereocenters. The summed E-state index contributed by atoms with van der Waals surface area (Å²) >= 11 is 2.50. The Morgan fingerprint density at radius 3 is 2.82 bits per heavy atom. The van der Waals surface area contributed by atoms with E-state index in [1.54, 1.807) is 13.8 Å². The first-order valence-corrected chi connectivity index (χ1v) is 11.9. The fraction of sp³-hybridized carbons (Fsp3) is 0.227. The van der Waals surface area contributed by atoms with Crippen molar-refractivity contribution in [3.63, 3.8) is 0 Å². The zero-order chi connectivity index (χ0) is 24.0. The molecule has 12 heteroatoms. The number of thiophene rings is 1. The Hall–Kier alpha value is -3.77. The monoisotopic (exact) mass is 499 g/mol. The molecule has 0 unspecified atom stereocenters. The van der Waals surface area contributed by atoms with Crippen molar-refractivity contribution in [2.75, 3.05) is 13.4 Å². The van der Waals surface area contributed by atoms with Gasteiger partial charge in [0.25, 0.3) is 11.2 Å². The lowest BCUT2D eigenvalue weighted by atomic mass is 10.0. The highest BCUT2D eigenvalue weighted by atomic mass is 32.1. The van der Waals surface area contributed by atoms with Gasteiger partial charge in [-0.25, -0.2) is 9.79 Å². The van der Waals surface area contributed by atoms with Gasteiger partial charge in [-0.15, -0.1) is 11.3 Å². The summed E-state index contributed by atoms with van der Waals surface area (Å²) in [5.41, 5.74) is 0.321. The lowest BCUT2D eigenvalue weighted by Gasteiger charge is -2.23. The molecule has 3 aromatic rings. The second-order valence-electron chi connectivity index (χ2n) is 7.34. The molecule has 0 saturated heterocycles. The van der Waals surface area contributed by atoms with Gasteiger partial charge in [0, 0.05) is 4.88 Å². The van der Waals surface area contributed by atoms with Gasteiger partial charge >= 0.3 is 5.97 Å². The molecule has 2 aliphatic heterocycles. The summed E-state index contributed by atoms with van der Waals surface area (Å²) in [4.78, 5) is 43.1. The molecular formula is C22H17N3O7S2. The number of nitro groups is 1. The zero-order valence-electron chi connectivity index (χ0n) is 18.0. The number of aromatic nitrogens is 1. The number of allylic oxidation sites excluding steroid dienone is 1. The molecule has 0 N–H and O–H groups in total. The predicted molar refractivity (Wildman–Crippen MR) is 124 cm³/mol. The molecule has 1 aromatic carbocycles. The summed E-state index contributed by atoms with van der Waals surface area (Å²) in [6.45, 7) is 3.56. The van der Waals surface area contributed by atoms with Crippen LogP contribution in [0.15, 0.2) is 50.7 Å². The van der Waals surface area contributed by atoms with Crippen molar-refractivity contribution in [2.24, 2.45) is 4.99 Å². The third-order valence-electron chi connectivity index (χ3n) is 5.33. The van der Waals surface area contributed by atoms with E-state index in [9.17, 15) is 19.7 Å². The Morgan fingerprint density at radius 2 is 2.15 bits per heavy atom. The quantitative estimate of drug-likeness (QED) is 0.300. The Balaban J connectivity index is 1.72. The molecule has 0 saturated carbocycles. The summed E-state index contributed by atoms with van der Waals surface area (Å²) in [6, 6.07) is 5.73. The minimum Gasteiger partial charge on any atom is -0.463 e. The van der Waals surface area contributed by atoms with Gasteiger partial charge in [0.15, 0.2) is 16.3 Å². The summed E-state index contributed by atoms with van der Waals surface area (Å²) in [5, 5.41) is 13.5. The zero-order valence-corrected chi connectivity index (χ0v) is 19.6. The number of carbonyl (C=O) groups excluding carboxylic acids is 1. The third kappa shape index (κ3) is 3.60. The van der Waals surface area contributed by atoms with Gasteiger partial charge in [-0.2, -0.15) is 0 Å². The molecule has 0 radical (unpaired) electrons. The van der Waals surface area contributed by atoms with E-state index in [4.69, 9.17) is 14.2 Å². The van der Waals surface area contributed by atoms with E-state index in [0.29, 0.717) is 16.2 Å². The fourth-order valence-corrected chi connectivity index (χ4v) is 5.73. The lowest BCUT2D eigenvalue weighted by Crippen LogP contribution is -2.39. The Morgan fingerprint density at radius 1 is 1.38 bits per heavy atom. The van der Waals surface area contributed by atoms with Crippen LogP contribution in [0.25, 0.3) is 6.08 Å². The number of hydrogen-bond donors (Lipinski definition) is 0. The standard InChI is InChI=1S/C22H17N3O7S2/c1-3-30-21(27)18-11(2)23-22-24(19(18)16-5-4-6-33-16)20(26)17(34-22)8-12-7-14-15(32-10-31-14)9-13(12)25(28)29/h4-9,19H,3,10H2,1-2H3/b17-8-/t19-/m1/s1. The van der Waals surface area contributed by atoms with Crippen molar-refractivity contribution in [3.8, 4) is 11.5 Å². The number of ether oxygens (including phenoxy) is 3. The van der Waals surface area contributed by atoms with Crippen molar-refractivity contribution in [1.82, 2.24) is 4.57 Å². The molecule has 174 valence electrons. The highest BCUT2D eigenvalue weighted by Crippen LogP contribution is 2.38. The van der Waals surface area contributed by atoms with Gasteiger partial charge in [-0.05, 0) is 37.4 Å². The molecule has 4 heterocycles. The number of thiazole rings is 1. The Bertz CT molecular complexity index is 1530. The number of nitrogens with zero attached hydrogens (tertiary/aromatic N) is 3. The topological polar surface area (TPSA) is 122 Å². The molecular weight excluding hydrogens is 482 g/mol. The van der Waals surface area contributed by atoms with Crippen LogP contribution in [0, 0.1) is 10.1 Å². The average Bonchev–Trinajstić information content (AvgIpc) is 3.53. The molecule has 0 spiro atoms. The summed E-state index contributed by atoms with van der Waals surface area (Å²) in [5.74, 6) is 0.0991. The van der Waals surface area contributed by atoms with E-state index in [1.807, 2.05) is 17.5 Å². The molecule has 34 heavy (non-hydrogen) atoms. The smallest absolute Gasteiger partial charge is 0.338 e. The molecule has 0 fully saturated rings. The molecule has 10 nitrogen and oxygen atoms in total. The van der Waals surface area contributed by atoms with Gasteiger partial charge in [0.2, 0.25) is 6.79 Å². The fourth-order valence-electron chi connectivity index (χ4n) is 3.87. The normalized spacial score (nSPS) is 16.9. The van der Waals surface area contributed by atoms with Crippen molar-refractivity contribution in [2.45, 2.75) is 19.9 Å².